The Kier molecular flexibility index (Phi) is 9.15. The zero-order valence-electron chi connectivity index (χ0n) is 18.1. The lowest BCUT2D eigenvalue weighted by molar-refractivity contribution is -0.0447. The number of para-hydroxylation sites is 1. The van der Waals surface area contributed by atoms with Gasteiger partial charge in [-0.05, 0) is 43.0 Å². The zero-order valence-corrected chi connectivity index (χ0v) is 18.1. The van der Waals surface area contributed by atoms with Gasteiger partial charge in [0.15, 0.2) is 0 Å². The lowest BCUT2D eigenvalue weighted by Gasteiger charge is -2.23. The smallest absolute Gasteiger partial charge is 0.322 e. The molecule has 1 aliphatic heterocycles. The van der Waals surface area contributed by atoms with Crippen LogP contribution in [0.5, 0.6) is 5.75 Å². The van der Waals surface area contributed by atoms with E-state index in [1.807, 2.05) is 48.5 Å². The van der Waals surface area contributed by atoms with E-state index in [-0.39, 0.29) is 25.3 Å². The first kappa shape index (κ1) is 23.1. The van der Waals surface area contributed by atoms with Crippen molar-refractivity contribution < 1.29 is 24.1 Å². The van der Waals surface area contributed by atoms with Gasteiger partial charge in [0.1, 0.15) is 5.75 Å². The molecule has 2 amide bonds. The fourth-order valence-corrected chi connectivity index (χ4v) is 3.60. The maximum absolute atomic E-state index is 12.9. The number of methoxy groups -OCH3 is 1. The van der Waals surface area contributed by atoms with Crippen molar-refractivity contribution >= 4 is 11.7 Å². The van der Waals surface area contributed by atoms with Gasteiger partial charge in [0.05, 0.1) is 39.6 Å². The van der Waals surface area contributed by atoms with Crippen LogP contribution in [0.2, 0.25) is 0 Å². The van der Waals surface area contributed by atoms with Gasteiger partial charge in [-0.25, -0.2) is 4.79 Å². The highest BCUT2D eigenvalue weighted by molar-refractivity contribution is 5.89. The molecule has 0 spiro atoms. The van der Waals surface area contributed by atoms with Crippen LogP contribution in [0.1, 0.15) is 30.4 Å². The standard InChI is InChI=1S/C24H32N2O5/c1-29-23-11-3-2-8-20(23)16-26(12-13-27)24(28)25-21-9-6-7-19(15-21)17-30-18-22-10-4-5-14-31-22/h2-3,6-9,11,15,22,27H,4-5,10,12-14,16-18H2,1H3,(H,25,28). The summed E-state index contributed by atoms with van der Waals surface area (Å²) in [4.78, 5) is 14.4. The van der Waals surface area contributed by atoms with Crippen molar-refractivity contribution in [1.82, 2.24) is 4.90 Å². The number of nitrogens with zero attached hydrogens (tertiary/aromatic N) is 1. The van der Waals surface area contributed by atoms with E-state index in [1.165, 1.54) is 6.42 Å². The second-order valence-electron chi connectivity index (χ2n) is 7.59. The monoisotopic (exact) mass is 428 g/mol. The molecule has 1 aliphatic rings. The number of ether oxygens (including phenoxy) is 3. The van der Waals surface area contributed by atoms with Gasteiger partial charge in [0.2, 0.25) is 0 Å². The molecular weight excluding hydrogens is 396 g/mol. The molecule has 31 heavy (non-hydrogen) atoms. The molecule has 0 aliphatic carbocycles. The van der Waals surface area contributed by atoms with Crippen LogP contribution >= 0.6 is 0 Å². The quantitative estimate of drug-likeness (QED) is 0.602. The van der Waals surface area contributed by atoms with E-state index in [9.17, 15) is 9.90 Å². The predicted octanol–water partition coefficient (Wildman–Crippen LogP) is 3.81. The first-order valence-electron chi connectivity index (χ1n) is 10.8. The number of aliphatic hydroxyl groups excluding tert-OH is 1. The van der Waals surface area contributed by atoms with Gasteiger partial charge in [-0.1, -0.05) is 30.3 Å². The Labute approximate surface area is 183 Å². The van der Waals surface area contributed by atoms with Crippen LogP contribution in [0.4, 0.5) is 10.5 Å². The number of hydrogen-bond donors (Lipinski definition) is 2. The third kappa shape index (κ3) is 7.24. The van der Waals surface area contributed by atoms with Crippen molar-refractivity contribution in [3.63, 3.8) is 0 Å². The Bertz CT molecular complexity index is 823. The summed E-state index contributed by atoms with van der Waals surface area (Å²) in [5, 5.41) is 12.3. The molecule has 2 N–H and O–H groups in total. The van der Waals surface area contributed by atoms with Gasteiger partial charge in [0, 0.05) is 24.4 Å². The van der Waals surface area contributed by atoms with E-state index in [4.69, 9.17) is 14.2 Å². The molecule has 0 saturated carbocycles. The summed E-state index contributed by atoms with van der Waals surface area (Å²) in [6.07, 6.45) is 3.54. The van der Waals surface area contributed by atoms with Crippen molar-refractivity contribution in [1.29, 1.82) is 0 Å². The zero-order chi connectivity index (χ0) is 21.9. The topological polar surface area (TPSA) is 80.3 Å². The van der Waals surface area contributed by atoms with Gasteiger partial charge >= 0.3 is 6.03 Å². The number of benzene rings is 2. The van der Waals surface area contributed by atoms with Gasteiger partial charge in [-0.2, -0.15) is 0 Å². The van der Waals surface area contributed by atoms with Crippen molar-refractivity contribution in [3.8, 4) is 5.75 Å². The van der Waals surface area contributed by atoms with Gasteiger partial charge in [-0.3, -0.25) is 0 Å². The van der Waals surface area contributed by atoms with Gasteiger partial charge < -0.3 is 29.5 Å². The summed E-state index contributed by atoms with van der Waals surface area (Å²) in [6, 6.07) is 14.9. The van der Waals surface area contributed by atoms with E-state index in [2.05, 4.69) is 5.32 Å². The van der Waals surface area contributed by atoms with Crippen molar-refractivity contribution in [3.05, 3.63) is 59.7 Å². The number of amides is 2. The summed E-state index contributed by atoms with van der Waals surface area (Å²) in [6.45, 7) is 2.29. The number of carbonyl (C=O) groups is 1. The van der Waals surface area contributed by atoms with Crippen LogP contribution in [0.25, 0.3) is 0 Å². The van der Waals surface area contributed by atoms with Crippen molar-refractivity contribution in [2.75, 3.05) is 38.8 Å². The third-order valence-electron chi connectivity index (χ3n) is 5.24. The average Bonchev–Trinajstić information content (AvgIpc) is 2.80. The molecule has 0 bridgehead atoms. The largest absolute Gasteiger partial charge is 0.496 e. The van der Waals surface area contributed by atoms with Crippen molar-refractivity contribution in [2.24, 2.45) is 0 Å². The third-order valence-corrected chi connectivity index (χ3v) is 5.24. The molecule has 1 unspecified atom stereocenters. The molecule has 1 saturated heterocycles. The van der Waals surface area contributed by atoms with Crippen molar-refractivity contribution in [2.45, 2.75) is 38.5 Å². The normalized spacial score (nSPS) is 16.0. The number of aliphatic hydroxyl groups is 1. The Morgan fingerprint density at radius 2 is 2.10 bits per heavy atom. The summed E-state index contributed by atoms with van der Waals surface area (Å²) in [5.41, 5.74) is 2.54. The number of carbonyl (C=O) groups excluding carboxylic acids is 1. The number of nitrogens with one attached hydrogen (secondary N) is 1. The second-order valence-corrected chi connectivity index (χ2v) is 7.59. The first-order valence-corrected chi connectivity index (χ1v) is 10.8. The maximum atomic E-state index is 12.9. The van der Waals surface area contributed by atoms with E-state index in [0.29, 0.717) is 31.2 Å². The van der Waals surface area contributed by atoms with Gasteiger partial charge in [0.25, 0.3) is 0 Å². The van der Waals surface area contributed by atoms with E-state index >= 15 is 0 Å². The first-order chi connectivity index (χ1) is 15.2. The fourth-order valence-electron chi connectivity index (χ4n) is 3.60. The van der Waals surface area contributed by atoms with Crippen LogP contribution in [-0.2, 0) is 22.6 Å². The number of urea groups is 1. The second kappa shape index (κ2) is 12.3. The van der Waals surface area contributed by atoms with Crippen LogP contribution in [0.15, 0.2) is 48.5 Å². The molecule has 0 aromatic heterocycles. The molecular formula is C24H32N2O5. The maximum Gasteiger partial charge on any atom is 0.322 e. The Hall–Kier alpha value is -2.61. The summed E-state index contributed by atoms with van der Waals surface area (Å²) < 4.78 is 16.9. The van der Waals surface area contributed by atoms with Crippen LogP contribution in [0, 0.1) is 0 Å². The highest BCUT2D eigenvalue weighted by Gasteiger charge is 2.16. The highest BCUT2D eigenvalue weighted by atomic mass is 16.5. The van der Waals surface area contributed by atoms with Crippen LogP contribution in [0.3, 0.4) is 0 Å². The molecule has 0 radical (unpaired) electrons. The minimum Gasteiger partial charge on any atom is -0.496 e. The van der Waals surface area contributed by atoms with E-state index in [0.717, 1.165) is 30.6 Å². The Balaban J connectivity index is 1.56. The van der Waals surface area contributed by atoms with Gasteiger partial charge in [-0.15, -0.1) is 0 Å². The average molecular weight is 429 g/mol. The summed E-state index contributed by atoms with van der Waals surface area (Å²) in [5.74, 6) is 0.708. The molecule has 1 heterocycles. The molecule has 2 aromatic rings. The van der Waals surface area contributed by atoms with Crippen LogP contribution < -0.4 is 10.1 Å². The SMILES string of the molecule is COc1ccccc1CN(CCO)C(=O)Nc1cccc(COCC2CCCCO2)c1. The minimum atomic E-state index is -0.284. The Morgan fingerprint density at radius 1 is 1.23 bits per heavy atom. The molecule has 1 fully saturated rings. The lowest BCUT2D eigenvalue weighted by Crippen LogP contribution is -2.36. The summed E-state index contributed by atoms with van der Waals surface area (Å²) >= 11 is 0. The lowest BCUT2D eigenvalue weighted by atomic mass is 10.1. The van der Waals surface area contributed by atoms with E-state index in [1.54, 1.807) is 12.0 Å². The molecule has 7 heteroatoms. The molecule has 7 nitrogen and oxygen atoms in total. The number of rotatable bonds is 10. The predicted molar refractivity (Wildman–Crippen MR) is 119 cm³/mol. The highest BCUT2D eigenvalue weighted by Crippen LogP contribution is 2.20. The molecule has 168 valence electrons. The number of hydrogen-bond acceptors (Lipinski definition) is 5. The van der Waals surface area contributed by atoms with E-state index < -0.39 is 0 Å². The molecule has 2 aromatic carbocycles. The minimum absolute atomic E-state index is 0.125. The fraction of sp³-hybridized carbons (Fsp3) is 0.458. The number of anilines is 1. The Morgan fingerprint density at radius 3 is 2.87 bits per heavy atom. The summed E-state index contributed by atoms with van der Waals surface area (Å²) in [7, 11) is 1.60. The molecule has 3 rings (SSSR count). The van der Waals surface area contributed by atoms with Crippen LogP contribution in [-0.4, -0.2) is 55.6 Å². The molecule has 1 atom stereocenters.